The zero-order valence-corrected chi connectivity index (χ0v) is 19.0. The van der Waals surface area contributed by atoms with Crippen LogP contribution in [0.3, 0.4) is 0 Å². The highest BCUT2D eigenvalue weighted by Gasteiger charge is 2.23. The van der Waals surface area contributed by atoms with Crippen molar-refractivity contribution in [2.45, 2.75) is 11.4 Å². The number of rotatable bonds is 14. The molecule has 1 aromatic heterocycles. The lowest BCUT2D eigenvalue weighted by Crippen LogP contribution is -2.37. The smallest absolute Gasteiger partial charge is 0.321 e. The molecular formula is C21H24N4O8S. The van der Waals surface area contributed by atoms with Gasteiger partial charge < -0.3 is 19.4 Å². The summed E-state index contributed by atoms with van der Waals surface area (Å²) in [6, 6.07) is 6.58. The van der Waals surface area contributed by atoms with Crippen LogP contribution in [0, 0.1) is 10.1 Å². The first-order valence-electron chi connectivity index (χ1n) is 9.87. The number of carbonyl (C=O) groups is 2. The Kier molecular flexibility index (Phi) is 9.52. The predicted molar refractivity (Wildman–Crippen MR) is 122 cm³/mol. The van der Waals surface area contributed by atoms with Gasteiger partial charge in [-0.05, 0) is 24.3 Å². The van der Waals surface area contributed by atoms with Gasteiger partial charge in [0, 0.05) is 19.2 Å². The van der Waals surface area contributed by atoms with Crippen molar-refractivity contribution >= 4 is 33.3 Å². The van der Waals surface area contributed by atoms with Crippen molar-refractivity contribution in [3.8, 4) is 0 Å². The monoisotopic (exact) mass is 492 g/mol. The Morgan fingerprint density at radius 2 is 1.91 bits per heavy atom. The minimum atomic E-state index is -4.28. The molecule has 34 heavy (non-hydrogen) atoms. The van der Waals surface area contributed by atoms with Crippen LogP contribution in [0.4, 0.5) is 11.4 Å². The number of ether oxygens (including phenoxy) is 1. The number of esters is 1. The number of nitrogens with one attached hydrogen (secondary N) is 2. The average molecular weight is 493 g/mol. The second kappa shape index (κ2) is 12.3. The summed E-state index contributed by atoms with van der Waals surface area (Å²) in [6.07, 6.45) is 4.44. The molecule has 0 atom stereocenters. The molecule has 1 heterocycles. The van der Waals surface area contributed by atoms with Gasteiger partial charge in [-0.25, -0.2) is 8.42 Å². The number of hydrogen-bond donors (Lipinski definition) is 2. The summed E-state index contributed by atoms with van der Waals surface area (Å²) in [5.41, 5.74) is -0.394. The fourth-order valence-electron chi connectivity index (χ4n) is 2.69. The molecule has 2 aromatic rings. The van der Waals surface area contributed by atoms with Crippen molar-refractivity contribution < 1.29 is 32.1 Å². The Morgan fingerprint density at radius 1 is 1.21 bits per heavy atom. The van der Waals surface area contributed by atoms with E-state index in [4.69, 9.17) is 9.15 Å². The summed E-state index contributed by atoms with van der Waals surface area (Å²) in [4.78, 5) is 35.6. The Morgan fingerprint density at radius 3 is 2.50 bits per heavy atom. The van der Waals surface area contributed by atoms with Gasteiger partial charge in [0.25, 0.3) is 11.6 Å². The van der Waals surface area contributed by atoms with Gasteiger partial charge in [0.2, 0.25) is 10.0 Å². The van der Waals surface area contributed by atoms with Crippen molar-refractivity contribution in [2.75, 3.05) is 31.6 Å². The van der Waals surface area contributed by atoms with Gasteiger partial charge in [0.15, 0.2) is 6.61 Å². The standard InChI is InChI=1S/C21H24N4O8S/c1-3-9-24(10-4-2)20(26)15-33-21(27)14-23-34(30,31)17-7-8-18(19(12-17)25(28)29)22-13-16-6-5-11-32-16/h3-8,11-12,22-23H,1-2,9-10,13-15H2. The minimum Gasteiger partial charge on any atom is -0.467 e. The second-order valence-electron chi connectivity index (χ2n) is 6.73. The van der Waals surface area contributed by atoms with Crippen molar-refractivity contribution in [1.82, 2.24) is 9.62 Å². The molecule has 0 bridgehead atoms. The maximum Gasteiger partial charge on any atom is 0.321 e. The third kappa shape index (κ3) is 7.56. The molecule has 0 unspecified atom stereocenters. The van der Waals surface area contributed by atoms with Crippen molar-refractivity contribution in [1.29, 1.82) is 0 Å². The number of carbonyl (C=O) groups excluding carboxylic acids is 2. The van der Waals surface area contributed by atoms with E-state index in [1.807, 2.05) is 4.72 Å². The van der Waals surface area contributed by atoms with Crippen LogP contribution in [-0.2, 0) is 30.9 Å². The fraction of sp³-hybridized carbons (Fsp3) is 0.238. The molecule has 1 amide bonds. The molecule has 0 spiro atoms. The van der Waals surface area contributed by atoms with E-state index in [1.165, 1.54) is 29.4 Å². The molecule has 0 saturated carbocycles. The van der Waals surface area contributed by atoms with Crippen molar-refractivity contribution in [2.24, 2.45) is 0 Å². The second-order valence-corrected chi connectivity index (χ2v) is 8.50. The summed E-state index contributed by atoms with van der Waals surface area (Å²) < 4.78 is 37.0. The number of sulfonamides is 1. The van der Waals surface area contributed by atoms with E-state index < -0.39 is 50.6 Å². The molecule has 0 aliphatic carbocycles. The van der Waals surface area contributed by atoms with Crippen LogP contribution >= 0.6 is 0 Å². The first-order valence-corrected chi connectivity index (χ1v) is 11.4. The van der Waals surface area contributed by atoms with Crippen LogP contribution in [0.2, 0.25) is 0 Å². The summed E-state index contributed by atoms with van der Waals surface area (Å²) in [7, 11) is -4.28. The van der Waals surface area contributed by atoms with Crippen LogP contribution in [0.25, 0.3) is 0 Å². The van der Waals surface area contributed by atoms with Crippen molar-refractivity contribution in [3.05, 3.63) is 77.8 Å². The number of furan rings is 1. The fourth-order valence-corrected chi connectivity index (χ4v) is 3.67. The highest BCUT2D eigenvalue weighted by atomic mass is 32.2. The van der Waals surface area contributed by atoms with Crippen LogP contribution in [0.1, 0.15) is 5.76 Å². The maximum atomic E-state index is 12.5. The Labute approximate surface area is 196 Å². The van der Waals surface area contributed by atoms with Crippen LogP contribution in [0.5, 0.6) is 0 Å². The zero-order valence-electron chi connectivity index (χ0n) is 18.1. The third-order valence-corrected chi connectivity index (χ3v) is 5.72. The molecule has 0 radical (unpaired) electrons. The normalized spacial score (nSPS) is 10.8. The number of nitro groups is 1. The highest BCUT2D eigenvalue weighted by molar-refractivity contribution is 7.89. The van der Waals surface area contributed by atoms with E-state index in [9.17, 15) is 28.1 Å². The Balaban J connectivity index is 1.99. The van der Waals surface area contributed by atoms with Gasteiger partial charge in [-0.2, -0.15) is 4.72 Å². The van der Waals surface area contributed by atoms with E-state index in [0.29, 0.717) is 5.76 Å². The summed E-state index contributed by atoms with van der Waals surface area (Å²) >= 11 is 0. The lowest BCUT2D eigenvalue weighted by molar-refractivity contribution is -0.384. The van der Waals surface area contributed by atoms with Gasteiger partial charge in [0.1, 0.15) is 18.0 Å². The number of benzene rings is 1. The largest absolute Gasteiger partial charge is 0.467 e. The van der Waals surface area contributed by atoms with Gasteiger partial charge >= 0.3 is 5.97 Å². The molecule has 13 heteroatoms. The van der Waals surface area contributed by atoms with Crippen LogP contribution in [-0.4, -0.2) is 56.4 Å². The Hall–Kier alpha value is -3.97. The molecular weight excluding hydrogens is 468 g/mol. The average Bonchev–Trinajstić information content (AvgIpc) is 3.33. The predicted octanol–water partition coefficient (Wildman–Crippen LogP) is 1.82. The number of hydrogen-bond acceptors (Lipinski definition) is 9. The molecule has 0 aliphatic heterocycles. The summed E-state index contributed by atoms with van der Waals surface area (Å²) in [5.74, 6) is -0.980. The van der Waals surface area contributed by atoms with E-state index in [-0.39, 0.29) is 25.3 Å². The lowest BCUT2D eigenvalue weighted by Gasteiger charge is -2.18. The SMILES string of the molecule is C=CCN(CC=C)C(=O)COC(=O)CNS(=O)(=O)c1ccc(NCc2ccco2)c([N+](=O)[O-])c1. The number of nitrogens with zero attached hydrogens (tertiary/aromatic N) is 2. The molecule has 1 aromatic carbocycles. The molecule has 2 N–H and O–H groups in total. The zero-order chi connectivity index (χ0) is 25.1. The van der Waals surface area contributed by atoms with E-state index in [2.05, 4.69) is 18.5 Å². The van der Waals surface area contributed by atoms with E-state index in [1.54, 1.807) is 12.1 Å². The molecule has 0 fully saturated rings. The summed E-state index contributed by atoms with van der Waals surface area (Å²) in [5, 5.41) is 14.2. The topological polar surface area (TPSA) is 161 Å². The minimum absolute atomic E-state index is 0.0851. The van der Waals surface area contributed by atoms with E-state index >= 15 is 0 Å². The third-order valence-electron chi connectivity index (χ3n) is 4.32. The van der Waals surface area contributed by atoms with Gasteiger partial charge in [-0.3, -0.25) is 19.7 Å². The van der Waals surface area contributed by atoms with Gasteiger partial charge in [0.05, 0.1) is 22.6 Å². The number of anilines is 1. The van der Waals surface area contributed by atoms with Crippen molar-refractivity contribution in [3.63, 3.8) is 0 Å². The van der Waals surface area contributed by atoms with Crippen LogP contribution < -0.4 is 10.0 Å². The molecule has 2 rings (SSSR count). The molecule has 182 valence electrons. The maximum absolute atomic E-state index is 12.5. The Bertz CT molecular complexity index is 1140. The number of nitro benzene ring substituents is 1. The molecule has 0 aliphatic rings. The highest BCUT2D eigenvalue weighted by Crippen LogP contribution is 2.28. The van der Waals surface area contributed by atoms with E-state index in [0.717, 1.165) is 12.1 Å². The lowest BCUT2D eigenvalue weighted by atomic mass is 10.2. The molecule has 0 saturated heterocycles. The van der Waals surface area contributed by atoms with Crippen LogP contribution in [0.15, 0.2) is 71.2 Å². The molecule has 12 nitrogen and oxygen atoms in total. The summed E-state index contributed by atoms with van der Waals surface area (Å²) in [6.45, 7) is 6.28. The van der Waals surface area contributed by atoms with Gasteiger partial charge in [-0.15, -0.1) is 13.2 Å². The van der Waals surface area contributed by atoms with Gasteiger partial charge in [-0.1, -0.05) is 12.2 Å². The first kappa shape index (κ1) is 26.3. The number of amides is 1. The quantitative estimate of drug-likeness (QED) is 0.173. The first-order chi connectivity index (χ1) is 16.2.